The molecule has 0 spiro atoms. The van der Waals surface area contributed by atoms with Crippen LogP contribution in [0.4, 0.5) is 8.78 Å². The molecule has 112 valence electrons. The first-order valence-corrected chi connectivity index (χ1v) is 6.55. The average molecular weight is 294 g/mol. The van der Waals surface area contributed by atoms with Gasteiger partial charge in [-0.3, -0.25) is 0 Å². The van der Waals surface area contributed by atoms with Crippen LogP contribution in [0.15, 0.2) is 48.5 Å². The van der Waals surface area contributed by atoms with Gasteiger partial charge in [0.05, 0.1) is 6.61 Å². The van der Waals surface area contributed by atoms with Crippen LogP contribution < -0.4 is 4.74 Å². The number of halogens is 2. The maximum Gasteiger partial charge on any atom is 0.202 e. The molecule has 0 aromatic heterocycles. The zero-order valence-electron chi connectivity index (χ0n) is 11.3. The van der Waals surface area contributed by atoms with Crippen molar-refractivity contribution in [3.8, 4) is 11.5 Å². The first-order valence-electron chi connectivity index (χ1n) is 6.55. The van der Waals surface area contributed by atoms with Crippen molar-refractivity contribution in [2.24, 2.45) is 0 Å². The fourth-order valence-corrected chi connectivity index (χ4v) is 1.74. The summed E-state index contributed by atoms with van der Waals surface area (Å²) in [5.41, 5.74) is 0.670. The van der Waals surface area contributed by atoms with E-state index in [1.54, 1.807) is 12.1 Å². The van der Waals surface area contributed by atoms with Gasteiger partial charge < -0.3 is 14.6 Å². The van der Waals surface area contributed by atoms with Crippen LogP contribution >= 0.6 is 0 Å². The van der Waals surface area contributed by atoms with Crippen molar-refractivity contribution in [3.05, 3.63) is 59.9 Å². The number of phenolic OH excluding ortho intramolecular Hbond substituents is 1. The third kappa shape index (κ3) is 5.39. The minimum absolute atomic E-state index is 0.0689. The first-order chi connectivity index (χ1) is 10.1. The lowest BCUT2D eigenvalue weighted by atomic mass is 10.1. The fourth-order valence-electron chi connectivity index (χ4n) is 1.74. The van der Waals surface area contributed by atoms with E-state index in [0.29, 0.717) is 11.3 Å². The van der Waals surface area contributed by atoms with Gasteiger partial charge in [0.1, 0.15) is 23.9 Å². The van der Waals surface area contributed by atoms with Gasteiger partial charge in [-0.2, -0.15) is 0 Å². The van der Waals surface area contributed by atoms with E-state index in [1.807, 2.05) is 0 Å². The molecule has 3 nitrogen and oxygen atoms in total. The van der Waals surface area contributed by atoms with E-state index >= 15 is 0 Å². The molecule has 0 saturated heterocycles. The van der Waals surface area contributed by atoms with Crippen LogP contribution in [0.3, 0.4) is 0 Å². The number of rotatable bonds is 7. The van der Waals surface area contributed by atoms with E-state index in [0.717, 1.165) is 0 Å². The second-order valence-electron chi connectivity index (χ2n) is 4.45. The molecule has 0 saturated carbocycles. The van der Waals surface area contributed by atoms with Gasteiger partial charge in [0.25, 0.3) is 0 Å². The predicted octanol–water partition coefficient (Wildman–Crippen LogP) is 3.47. The number of hydrogen-bond donors (Lipinski definition) is 1. The van der Waals surface area contributed by atoms with Crippen LogP contribution in [0.2, 0.25) is 0 Å². The molecule has 21 heavy (non-hydrogen) atoms. The molecule has 0 heterocycles. The Labute approximate surface area is 121 Å². The number of phenols is 1. The molecule has 2 rings (SSSR count). The molecule has 2 aromatic rings. The topological polar surface area (TPSA) is 38.7 Å². The standard InChI is InChI=1S/C16H16F2O3/c17-13-3-1-12(2-4-13)11-16(18)21-10-9-20-15-7-5-14(19)6-8-15/h1-8,16,19H,9-11H2. The lowest BCUT2D eigenvalue weighted by molar-refractivity contribution is -0.0469. The average Bonchev–Trinajstić information content (AvgIpc) is 2.48. The van der Waals surface area contributed by atoms with E-state index < -0.39 is 6.36 Å². The van der Waals surface area contributed by atoms with E-state index in [-0.39, 0.29) is 31.2 Å². The summed E-state index contributed by atoms with van der Waals surface area (Å²) in [7, 11) is 0. The van der Waals surface area contributed by atoms with Gasteiger partial charge in [-0.05, 0) is 42.0 Å². The summed E-state index contributed by atoms with van der Waals surface area (Å²) in [6.07, 6.45) is -1.39. The lowest BCUT2D eigenvalue weighted by Gasteiger charge is -2.11. The Kier molecular flexibility index (Phi) is 5.51. The van der Waals surface area contributed by atoms with Crippen LogP contribution in [0.5, 0.6) is 11.5 Å². The van der Waals surface area contributed by atoms with Crippen LogP contribution in [0, 0.1) is 5.82 Å². The Bertz CT molecular complexity index is 540. The maximum atomic E-state index is 13.6. The van der Waals surface area contributed by atoms with Gasteiger partial charge in [0, 0.05) is 6.42 Å². The van der Waals surface area contributed by atoms with Crippen molar-refractivity contribution in [2.45, 2.75) is 12.8 Å². The molecular weight excluding hydrogens is 278 g/mol. The quantitative estimate of drug-likeness (QED) is 0.795. The van der Waals surface area contributed by atoms with E-state index in [9.17, 15) is 8.78 Å². The highest BCUT2D eigenvalue weighted by atomic mass is 19.1. The molecule has 0 fully saturated rings. The van der Waals surface area contributed by atoms with Crippen molar-refractivity contribution < 1.29 is 23.4 Å². The Morgan fingerprint density at radius 2 is 1.62 bits per heavy atom. The fraction of sp³-hybridized carbons (Fsp3) is 0.250. The Balaban J connectivity index is 1.66. The zero-order valence-corrected chi connectivity index (χ0v) is 11.3. The van der Waals surface area contributed by atoms with Crippen LogP contribution in [0.1, 0.15) is 5.56 Å². The zero-order chi connectivity index (χ0) is 15.1. The predicted molar refractivity (Wildman–Crippen MR) is 74.6 cm³/mol. The van der Waals surface area contributed by atoms with Crippen molar-refractivity contribution in [1.82, 2.24) is 0 Å². The largest absolute Gasteiger partial charge is 0.508 e. The molecule has 0 amide bonds. The third-order valence-electron chi connectivity index (χ3n) is 2.80. The van der Waals surface area contributed by atoms with Crippen molar-refractivity contribution >= 4 is 0 Å². The number of ether oxygens (including phenoxy) is 2. The molecule has 0 aliphatic carbocycles. The molecule has 1 atom stereocenters. The molecule has 0 radical (unpaired) electrons. The van der Waals surface area contributed by atoms with E-state index in [4.69, 9.17) is 14.6 Å². The summed E-state index contributed by atoms with van der Waals surface area (Å²) in [6, 6.07) is 11.9. The smallest absolute Gasteiger partial charge is 0.202 e. The van der Waals surface area contributed by atoms with Gasteiger partial charge in [-0.15, -0.1) is 0 Å². The monoisotopic (exact) mass is 294 g/mol. The molecule has 0 bridgehead atoms. The molecule has 2 aromatic carbocycles. The highest BCUT2D eigenvalue weighted by Crippen LogP contribution is 2.15. The Morgan fingerprint density at radius 1 is 0.952 bits per heavy atom. The number of hydrogen-bond acceptors (Lipinski definition) is 3. The summed E-state index contributed by atoms with van der Waals surface area (Å²) >= 11 is 0. The molecule has 5 heteroatoms. The first kappa shape index (κ1) is 15.3. The summed E-state index contributed by atoms with van der Waals surface area (Å²) < 4.78 is 36.6. The summed E-state index contributed by atoms with van der Waals surface area (Å²) in [4.78, 5) is 0. The highest BCUT2D eigenvalue weighted by Gasteiger charge is 2.08. The summed E-state index contributed by atoms with van der Waals surface area (Å²) in [5.74, 6) is 0.379. The Morgan fingerprint density at radius 3 is 2.29 bits per heavy atom. The van der Waals surface area contributed by atoms with Gasteiger partial charge in [0.15, 0.2) is 0 Å². The molecule has 0 aliphatic heterocycles. The maximum absolute atomic E-state index is 13.6. The van der Waals surface area contributed by atoms with Crippen molar-refractivity contribution in [1.29, 1.82) is 0 Å². The van der Waals surface area contributed by atoms with Crippen LogP contribution in [-0.2, 0) is 11.2 Å². The van der Waals surface area contributed by atoms with Gasteiger partial charge in [-0.25, -0.2) is 8.78 Å². The van der Waals surface area contributed by atoms with Crippen molar-refractivity contribution in [3.63, 3.8) is 0 Å². The molecule has 0 aliphatic rings. The number of aromatic hydroxyl groups is 1. The normalized spacial score (nSPS) is 12.1. The second-order valence-corrected chi connectivity index (χ2v) is 4.45. The van der Waals surface area contributed by atoms with Crippen molar-refractivity contribution in [2.75, 3.05) is 13.2 Å². The SMILES string of the molecule is Oc1ccc(OCCOC(F)Cc2ccc(F)cc2)cc1. The molecule has 1 N–H and O–H groups in total. The lowest BCUT2D eigenvalue weighted by Crippen LogP contribution is -2.15. The van der Waals surface area contributed by atoms with Gasteiger partial charge >= 0.3 is 0 Å². The minimum Gasteiger partial charge on any atom is -0.508 e. The van der Waals surface area contributed by atoms with Crippen LogP contribution in [0.25, 0.3) is 0 Å². The summed E-state index contributed by atoms with van der Waals surface area (Å²) in [5, 5.41) is 9.11. The summed E-state index contributed by atoms with van der Waals surface area (Å²) in [6.45, 7) is 0.303. The number of benzene rings is 2. The number of alkyl halides is 1. The Hall–Kier alpha value is -2.14. The second kappa shape index (κ2) is 7.59. The minimum atomic E-state index is -1.46. The van der Waals surface area contributed by atoms with E-state index in [1.165, 1.54) is 36.4 Å². The third-order valence-corrected chi connectivity index (χ3v) is 2.80. The highest BCUT2D eigenvalue weighted by molar-refractivity contribution is 5.30. The van der Waals surface area contributed by atoms with Gasteiger partial charge in [0.2, 0.25) is 6.36 Å². The van der Waals surface area contributed by atoms with Crippen LogP contribution in [-0.4, -0.2) is 24.7 Å². The molecular formula is C16H16F2O3. The molecule has 1 unspecified atom stereocenters. The van der Waals surface area contributed by atoms with Gasteiger partial charge in [-0.1, -0.05) is 12.1 Å². The van der Waals surface area contributed by atoms with E-state index in [2.05, 4.69) is 0 Å².